The van der Waals surface area contributed by atoms with Gasteiger partial charge >= 0.3 is 0 Å². The molecule has 0 aromatic carbocycles. The van der Waals surface area contributed by atoms with Gasteiger partial charge in [-0.3, -0.25) is 4.98 Å². The van der Waals surface area contributed by atoms with Crippen molar-refractivity contribution in [2.24, 2.45) is 0 Å². The maximum absolute atomic E-state index is 6.04. The Morgan fingerprint density at radius 1 is 1.29 bits per heavy atom. The van der Waals surface area contributed by atoms with E-state index >= 15 is 0 Å². The van der Waals surface area contributed by atoms with Crippen molar-refractivity contribution < 1.29 is 4.74 Å². The number of rotatable bonds is 6. The van der Waals surface area contributed by atoms with Crippen molar-refractivity contribution >= 4 is 5.57 Å². The average Bonchev–Trinajstić information content (AvgIpc) is 2.62. The summed E-state index contributed by atoms with van der Waals surface area (Å²) in [5, 5.41) is 0. The maximum Gasteiger partial charge on any atom is 0.199 e. The van der Waals surface area contributed by atoms with Crippen LogP contribution >= 0.6 is 0 Å². The predicted octanol–water partition coefficient (Wildman–Crippen LogP) is 3.76. The van der Waals surface area contributed by atoms with Gasteiger partial charge in [-0.15, -0.1) is 5.92 Å². The van der Waals surface area contributed by atoms with E-state index in [4.69, 9.17) is 4.74 Å². The third kappa shape index (κ3) is 3.58. The molecule has 4 heteroatoms. The summed E-state index contributed by atoms with van der Waals surface area (Å²) < 4.78 is 6.04. The lowest BCUT2D eigenvalue weighted by Crippen LogP contribution is -2.31. The maximum atomic E-state index is 6.04. The highest BCUT2D eigenvalue weighted by atomic mass is 16.5. The number of aromatic nitrogens is 3. The molecule has 2 heterocycles. The van der Waals surface area contributed by atoms with Crippen molar-refractivity contribution in [1.29, 1.82) is 0 Å². The van der Waals surface area contributed by atoms with Crippen LogP contribution < -0.4 is 0 Å². The van der Waals surface area contributed by atoms with Crippen LogP contribution in [-0.4, -0.2) is 21.6 Å². The lowest BCUT2D eigenvalue weighted by molar-refractivity contribution is 0.0318. The molecule has 0 radical (unpaired) electrons. The second kappa shape index (κ2) is 8.19. The van der Waals surface area contributed by atoms with E-state index in [9.17, 15) is 0 Å². The first-order valence-corrected chi connectivity index (χ1v) is 7.79. The molecule has 0 fully saturated rings. The first-order chi connectivity index (χ1) is 11.7. The van der Waals surface area contributed by atoms with Gasteiger partial charge < -0.3 is 4.74 Å². The predicted molar refractivity (Wildman–Crippen MR) is 96.0 cm³/mol. The van der Waals surface area contributed by atoms with E-state index in [1.165, 1.54) is 6.33 Å². The molecule has 0 bridgehead atoms. The summed E-state index contributed by atoms with van der Waals surface area (Å²) in [7, 11) is 0. The van der Waals surface area contributed by atoms with Crippen LogP contribution in [0.25, 0.3) is 5.57 Å². The molecule has 0 aliphatic carbocycles. The van der Waals surface area contributed by atoms with Crippen molar-refractivity contribution in [3.63, 3.8) is 0 Å². The van der Waals surface area contributed by atoms with Crippen LogP contribution in [0.3, 0.4) is 0 Å². The van der Waals surface area contributed by atoms with Crippen LogP contribution in [0, 0.1) is 11.8 Å². The summed E-state index contributed by atoms with van der Waals surface area (Å²) >= 11 is 0. The van der Waals surface area contributed by atoms with E-state index in [0.717, 1.165) is 16.7 Å². The SMILES string of the molecule is C=C(/C=C\C)c1ccc(C(C#CC)(OCC)c2cncnc2)nc1. The van der Waals surface area contributed by atoms with E-state index in [2.05, 4.69) is 33.4 Å². The van der Waals surface area contributed by atoms with Crippen LogP contribution in [0.5, 0.6) is 0 Å². The molecule has 0 aliphatic rings. The summed E-state index contributed by atoms with van der Waals surface area (Å²) in [6.45, 7) is 10.2. The van der Waals surface area contributed by atoms with E-state index in [1.54, 1.807) is 25.5 Å². The van der Waals surface area contributed by atoms with Crippen LogP contribution in [0.1, 0.15) is 37.6 Å². The Kier molecular flexibility index (Phi) is 6.00. The van der Waals surface area contributed by atoms with Crippen LogP contribution in [0.2, 0.25) is 0 Å². The summed E-state index contributed by atoms with van der Waals surface area (Å²) in [5.74, 6) is 6.10. The Bertz CT molecular complexity index is 770. The first-order valence-electron chi connectivity index (χ1n) is 7.79. The number of pyridine rings is 1. The molecule has 0 aliphatic heterocycles. The molecule has 0 saturated heterocycles. The Morgan fingerprint density at radius 2 is 2.04 bits per heavy atom. The van der Waals surface area contributed by atoms with Crippen molar-refractivity contribution in [2.45, 2.75) is 26.4 Å². The second-order valence-corrected chi connectivity index (χ2v) is 5.07. The Hall–Kier alpha value is -2.77. The zero-order valence-electron chi connectivity index (χ0n) is 14.3. The van der Waals surface area contributed by atoms with Crippen molar-refractivity contribution in [1.82, 2.24) is 15.0 Å². The van der Waals surface area contributed by atoms with Crippen molar-refractivity contribution in [2.75, 3.05) is 6.61 Å². The first kappa shape index (κ1) is 17.6. The molecular weight excluding hydrogens is 298 g/mol. The van der Waals surface area contributed by atoms with Gasteiger partial charge in [0.2, 0.25) is 0 Å². The van der Waals surface area contributed by atoms with Gasteiger partial charge in [-0.2, -0.15) is 0 Å². The van der Waals surface area contributed by atoms with Gasteiger partial charge in [0.15, 0.2) is 5.60 Å². The fraction of sp³-hybridized carbons (Fsp3) is 0.250. The van der Waals surface area contributed by atoms with Crippen LogP contribution in [-0.2, 0) is 10.3 Å². The van der Waals surface area contributed by atoms with E-state index in [0.29, 0.717) is 12.3 Å². The molecule has 0 spiro atoms. The van der Waals surface area contributed by atoms with Gasteiger partial charge in [0, 0.05) is 30.8 Å². The monoisotopic (exact) mass is 319 g/mol. The van der Waals surface area contributed by atoms with E-state index < -0.39 is 5.60 Å². The summed E-state index contributed by atoms with van der Waals surface area (Å²) in [6.07, 6.45) is 10.6. The average molecular weight is 319 g/mol. The number of hydrogen-bond acceptors (Lipinski definition) is 4. The molecule has 2 aromatic rings. The minimum Gasteiger partial charge on any atom is -0.353 e. The lowest BCUT2D eigenvalue weighted by Gasteiger charge is -2.28. The molecular formula is C20H21N3O. The third-order valence-electron chi connectivity index (χ3n) is 3.49. The molecule has 2 rings (SSSR count). The van der Waals surface area contributed by atoms with E-state index in [1.807, 2.05) is 38.1 Å². The largest absolute Gasteiger partial charge is 0.353 e. The minimum atomic E-state index is -0.981. The highest BCUT2D eigenvalue weighted by Gasteiger charge is 2.35. The van der Waals surface area contributed by atoms with Crippen molar-refractivity contribution in [3.05, 3.63) is 72.6 Å². The molecule has 122 valence electrons. The standard InChI is InChI=1S/C20H21N3O/c1-5-8-16(4)17-9-10-19(23-12-17)20(11-6-2,24-7-3)18-13-21-15-22-14-18/h5,8-10,12-15H,4,7H2,1-3H3/b8-5-. The second-order valence-electron chi connectivity index (χ2n) is 5.07. The molecule has 2 aromatic heterocycles. The zero-order valence-corrected chi connectivity index (χ0v) is 14.3. The number of hydrogen-bond donors (Lipinski definition) is 0. The zero-order chi connectivity index (χ0) is 17.4. The topological polar surface area (TPSA) is 47.9 Å². The van der Waals surface area contributed by atoms with Gasteiger partial charge in [0.1, 0.15) is 6.33 Å². The normalized spacial score (nSPS) is 13.1. The fourth-order valence-corrected chi connectivity index (χ4v) is 2.44. The van der Waals surface area contributed by atoms with Gasteiger partial charge in [-0.1, -0.05) is 30.7 Å². The number of allylic oxidation sites excluding steroid dienone is 3. The molecule has 0 amide bonds. The van der Waals surface area contributed by atoms with Gasteiger partial charge in [-0.25, -0.2) is 9.97 Å². The van der Waals surface area contributed by atoms with Gasteiger partial charge in [-0.05, 0) is 38.0 Å². The summed E-state index contributed by atoms with van der Waals surface area (Å²) in [5.41, 5.74) is 2.34. The lowest BCUT2D eigenvalue weighted by atomic mass is 9.91. The Balaban J connectivity index is 2.55. The highest BCUT2D eigenvalue weighted by molar-refractivity contribution is 5.71. The third-order valence-corrected chi connectivity index (χ3v) is 3.49. The number of ether oxygens (including phenoxy) is 1. The quantitative estimate of drug-likeness (QED) is 0.601. The highest BCUT2D eigenvalue weighted by Crippen LogP contribution is 2.32. The van der Waals surface area contributed by atoms with Gasteiger partial charge in [0.25, 0.3) is 0 Å². The van der Waals surface area contributed by atoms with Crippen LogP contribution in [0.15, 0.2) is 55.8 Å². The molecule has 0 N–H and O–H groups in total. The number of nitrogens with zero attached hydrogens (tertiary/aromatic N) is 3. The molecule has 1 unspecified atom stereocenters. The van der Waals surface area contributed by atoms with Crippen LogP contribution in [0.4, 0.5) is 0 Å². The smallest absolute Gasteiger partial charge is 0.199 e. The molecule has 0 saturated carbocycles. The van der Waals surface area contributed by atoms with Gasteiger partial charge in [0.05, 0.1) is 5.69 Å². The Morgan fingerprint density at radius 3 is 2.58 bits per heavy atom. The molecule has 24 heavy (non-hydrogen) atoms. The molecule has 4 nitrogen and oxygen atoms in total. The fourth-order valence-electron chi connectivity index (χ4n) is 2.44. The summed E-state index contributed by atoms with van der Waals surface area (Å²) in [6, 6.07) is 3.89. The Labute approximate surface area is 143 Å². The van der Waals surface area contributed by atoms with E-state index in [-0.39, 0.29) is 0 Å². The van der Waals surface area contributed by atoms with Crippen molar-refractivity contribution in [3.8, 4) is 11.8 Å². The minimum absolute atomic E-state index is 0.484. The summed E-state index contributed by atoms with van der Waals surface area (Å²) in [4.78, 5) is 12.8. The molecule has 1 atom stereocenters.